The quantitative estimate of drug-likeness (QED) is 0.754. The fourth-order valence-electron chi connectivity index (χ4n) is 2.82. The Bertz CT molecular complexity index is 874. The predicted octanol–water partition coefficient (Wildman–Crippen LogP) is 3.24. The van der Waals surface area contributed by atoms with Gasteiger partial charge in [0.2, 0.25) is 0 Å². The van der Waals surface area contributed by atoms with E-state index < -0.39 is 0 Å². The summed E-state index contributed by atoms with van der Waals surface area (Å²) >= 11 is 0. The lowest BCUT2D eigenvalue weighted by Gasteiger charge is -2.14. The van der Waals surface area contributed by atoms with Crippen molar-refractivity contribution in [2.75, 3.05) is 20.0 Å². The van der Waals surface area contributed by atoms with E-state index in [9.17, 15) is 4.79 Å². The van der Waals surface area contributed by atoms with E-state index in [-0.39, 0.29) is 5.91 Å². The van der Waals surface area contributed by atoms with Crippen molar-refractivity contribution in [3.8, 4) is 11.5 Å². The molecule has 5 heteroatoms. The Hall–Kier alpha value is -2.95. The average Bonchev–Trinajstić information content (AvgIpc) is 2.88. The monoisotopic (exact) mass is 310 g/mol. The largest absolute Gasteiger partial charge is 0.496 e. The van der Waals surface area contributed by atoms with Crippen LogP contribution in [0.5, 0.6) is 11.5 Å². The van der Waals surface area contributed by atoms with Crippen molar-refractivity contribution in [1.29, 1.82) is 0 Å². The van der Waals surface area contributed by atoms with Gasteiger partial charge in [-0.05, 0) is 43.3 Å². The smallest absolute Gasteiger partial charge is 0.270 e. The van der Waals surface area contributed by atoms with E-state index in [2.05, 4.69) is 0 Å². The van der Waals surface area contributed by atoms with Gasteiger partial charge < -0.3 is 15.2 Å². The summed E-state index contributed by atoms with van der Waals surface area (Å²) in [5, 5.41) is 0.921. The van der Waals surface area contributed by atoms with E-state index in [0.717, 1.165) is 16.6 Å². The zero-order valence-corrected chi connectivity index (χ0v) is 13.3. The summed E-state index contributed by atoms with van der Waals surface area (Å²) in [5.74, 6) is 0.758. The topological polar surface area (TPSA) is 66.5 Å². The van der Waals surface area contributed by atoms with Crippen LogP contribution < -0.4 is 15.2 Å². The van der Waals surface area contributed by atoms with Gasteiger partial charge in [0.05, 0.1) is 19.7 Å². The molecule has 1 aromatic heterocycles. The molecule has 3 rings (SSSR count). The number of anilines is 1. The van der Waals surface area contributed by atoms with Gasteiger partial charge in [-0.2, -0.15) is 0 Å². The molecule has 0 aliphatic rings. The number of nitrogen functional groups attached to an aromatic ring is 1. The van der Waals surface area contributed by atoms with Gasteiger partial charge in [0, 0.05) is 16.8 Å². The number of fused-ring (bicyclic) bond motifs is 1. The first kappa shape index (κ1) is 15.0. The Morgan fingerprint density at radius 1 is 1.04 bits per heavy atom. The lowest BCUT2D eigenvalue weighted by Crippen LogP contribution is -2.15. The molecule has 0 bridgehead atoms. The number of rotatable bonds is 3. The first-order valence-corrected chi connectivity index (χ1v) is 7.20. The van der Waals surface area contributed by atoms with Crippen LogP contribution in [0.25, 0.3) is 10.9 Å². The molecule has 118 valence electrons. The van der Waals surface area contributed by atoms with Gasteiger partial charge >= 0.3 is 0 Å². The summed E-state index contributed by atoms with van der Waals surface area (Å²) in [6.45, 7) is 1.88. The fraction of sp³-hybridized carbons (Fsp3) is 0.167. The third-order valence-electron chi connectivity index (χ3n) is 3.85. The summed E-state index contributed by atoms with van der Waals surface area (Å²) in [6, 6.07) is 12.7. The summed E-state index contributed by atoms with van der Waals surface area (Å²) in [6.07, 6.45) is 0. The van der Waals surface area contributed by atoms with Crippen LogP contribution in [0.3, 0.4) is 0 Å². The first-order valence-electron chi connectivity index (χ1n) is 7.20. The molecule has 1 heterocycles. The molecule has 0 saturated heterocycles. The molecule has 0 aliphatic heterocycles. The van der Waals surface area contributed by atoms with Gasteiger partial charge in [0.1, 0.15) is 17.1 Å². The molecule has 5 nitrogen and oxygen atoms in total. The van der Waals surface area contributed by atoms with Gasteiger partial charge in [-0.3, -0.25) is 9.36 Å². The van der Waals surface area contributed by atoms with E-state index in [1.807, 2.05) is 25.1 Å². The summed E-state index contributed by atoms with van der Waals surface area (Å²) in [4.78, 5) is 13.2. The van der Waals surface area contributed by atoms with Crippen LogP contribution in [-0.4, -0.2) is 24.7 Å². The van der Waals surface area contributed by atoms with Gasteiger partial charge in [-0.15, -0.1) is 0 Å². The molecule has 0 spiro atoms. The maximum Gasteiger partial charge on any atom is 0.270 e. The number of hydrogen-bond acceptors (Lipinski definition) is 4. The number of ether oxygens (including phenoxy) is 2. The number of nitrogens with zero attached hydrogens (tertiary/aromatic N) is 1. The molecule has 0 amide bonds. The van der Waals surface area contributed by atoms with Gasteiger partial charge in [-0.1, -0.05) is 6.07 Å². The number of nitrogens with two attached hydrogens (primary N) is 1. The number of aromatic nitrogens is 1. The fourth-order valence-corrected chi connectivity index (χ4v) is 2.82. The standard InChI is InChI=1S/C18H18N2O3/c1-11-9-12-10-13(19)7-8-14(12)20(11)18(21)17-15(22-2)5-4-6-16(17)23-3/h4-10H,19H2,1-3H3. The molecule has 0 radical (unpaired) electrons. The van der Waals surface area contributed by atoms with Gasteiger partial charge in [0.15, 0.2) is 0 Å². The Morgan fingerprint density at radius 3 is 2.30 bits per heavy atom. The maximum absolute atomic E-state index is 13.2. The number of carbonyl (C=O) groups is 1. The zero-order valence-electron chi connectivity index (χ0n) is 13.3. The number of carbonyl (C=O) groups excluding carboxylic acids is 1. The summed E-state index contributed by atoms with van der Waals surface area (Å²) in [7, 11) is 3.07. The van der Waals surface area contributed by atoms with Crippen LogP contribution in [0.1, 0.15) is 16.1 Å². The van der Waals surface area contributed by atoms with E-state index in [1.165, 1.54) is 14.2 Å². The second-order valence-electron chi connectivity index (χ2n) is 5.28. The minimum Gasteiger partial charge on any atom is -0.496 e. The van der Waals surface area contributed by atoms with Crippen LogP contribution in [0, 0.1) is 6.92 Å². The van der Waals surface area contributed by atoms with Crippen LogP contribution in [-0.2, 0) is 0 Å². The minimum absolute atomic E-state index is 0.198. The third-order valence-corrected chi connectivity index (χ3v) is 3.85. The van der Waals surface area contributed by atoms with Crippen molar-refractivity contribution in [3.05, 3.63) is 53.7 Å². The van der Waals surface area contributed by atoms with Crippen molar-refractivity contribution in [3.63, 3.8) is 0 Å². The number of benzene rings is 2. The molecule has 2 aromatic carbocycles. The molecular weight excluding hydrogens is 292 g/mol. The van der Waals surface area contributed by atoms with E-state index in [0.29, 0.717) is 22.7 Å². The molecular formula is C18H18N2O3. The van der Waals surface area contributed by atoms with Crippen molar-refractivity contribution in [2.24, 2.45) is 0 Å². The van der Waals surface area contributed by atoms with Gasteiger partial charge in [0.25, 0.3) is 5.91 Å². The van der Waals surface area contributed by atoms with E-state index >= 15 is 0 Å². The van der Waals surface area contributed by atoms with Crippen molar-refractivity contribution in [2.45, 2.75) is 6.92 Å². The summed E-state index contributed by atoms with van der Waals surface area (Å²) in [5.41, 5.74) is 8.51. The summed E-state index contributed by atoms with van der Waals surface area (Å²) < 4.78 is 12.3. The zero-order chi connectivity index (χ0) is 16.6. The lowest BCUT2D eigenvalue weighted by atomic mass is 10.1. The molecule has 0 aliphatic carbocycles. The maximum atomic E-state index is 13.2. The lowest BCUT2D eigenvalue weighted by molar-refractivity contribution is 0.0957. The van der Waals surface area contributed by atoms with Crippen LogP contribution in [0.15, 0.2) is 42.5 Å². The minimum atomic E-state index is -0.198. The molecule has 23 heavy (non-hydrogen) atoms. The Morgan fingerprint density at radius 2 is 1.70 bits per heavy atom. The Balaban J connectivity index is 2.24. The van der Waals surface area contributed by atoms with Crippen molar-refractivity contribution < 1.29 is 14.3 Å². The highest BCUT2D eigenvalue weighted by atomic mass is 16.5. The Kier molecular flexibility index (Phi) is 3.70. The number of hydrogen-bond donors (Lipinski definition) is 1. The SMILES string of the molecule is COc1cccc(OC)c1C(=O)n1c(C)cc2cc(N)ccc21. The second kappa shape index (κ2) is 5.68. The van der Waals surface area contributed by atoms with Crippen LogP contribution in [0.4, 0.5) is 5.69 Å². The van der Waals surface area contributed by atoms with E-state index in [4.69, 9.17) is 15.2 Å². The van der Waals surface area contributed by atoms with Crippen LogP contribution >= 0.6 is 0 Å². The predicted molar refractivity (Wildman–Crippen MR) is 90.4 cm³/mol. The van der Waals surface area contributed by atoms with Crippen LogP contribution in [0.2, 0.25) is 0 Å². The van der Waals surface area contributed by atoms with E-state index in [1.54, 1.807) is 28.8 Å². The van der Waals surface area contributed by atoms with Crippen molar-refractivity contribution >= 4 is 22.5 Å². The normalized spacial score (nSPS) is 10.7. The third kappa shape index (κ3) is 2.40. The average molecular weight is 310 g/mol. The van der Waals surface area contributed by atoms with Gasteiger partial charge in [-0.25, -0.2) is 0 Å². The molecule has 0 unspecified atom stereocenters. The highest BCUT2D eigenvalue weighted by Crippen LogP contribution is 2.31. The highest BCUT2D eigenvalue weighted by molar-refractivity contribution is 6.06. The van der Waals surface area contributed by atoms with Crippen molar-refractivity contribution in [1.82, 2.24) is 4.57 Å². The molecule has 3 aromatic rings. The first-order chi connectivity index (χ1) is 11.1. The molecule has 2 N–H and O–H groups in total. The number of aryl methyl sites for hydroxylation is 1. The highest BCUT2D eigenvalue weighted by Gasteiger charge is 2.22. The second-order valence-corrected chi connectivity index (χ2v) is 5.28. The molecule has 0 fully saturated rings. The number of methoxy groups -OCH3 is 2. The molecule has 0 saturated carbocycles. The molecule has 0 atom stereocenters. The Labute approximate surface area is 134 Å².